The van der Waals surface area contributed by atoms with E-state index in [1.54, 1.807) is 0 Å². The highest BCUT2D eigenvalue weighted by Crippen LogP contribution is 2.43. The van der Waals surface area contributed by atoms with Crippen LogP contribution in [0.2, 0.25) is 0 Å². The molecule has 0 N–H and O–H groups in total. The molecule has 2 saturated heterocycles. The van der Waals surface area contributed by atoms with Gasteiger partial charge in [0.2, 0.25) is 0 Å². The highest BCUT2D eigenvalue weighted by atomic mass is 127. The zero-order valence-corrected chi connectivity index (χ0v) is 52.4. The fourth-order valence-electron chi connectivity index (χ4n) is 12.7. The Labute approximate surface area is 531 Å². The number of fused-ring (bicyclic) bond motifs is 12. The average Bonchev–Trinajstić information content (AvgIpc) is 1.64. The summed E-state index contributed by atoms with van der Waals surface area (Å²) in [5.41, 5.74) is 14.7. The Morgan fingerprint density at radius 2 is 0.477 bits per heavy atom. The first-order valence-corrected chi connectivity index (χ1v) is 31.0. The zero-order chi connectivity index (χ0) is 57.6. The van der Waals surface area contributed by atoms with E-state index in [4.69, 9.17) is 18.6 Å². The summed E-state index contributed by atoms with van der Waals surface area (Å²) >= 11 is 4.74. The number of hydrogen-bond donors (Lipinski definition) is 0. The third-order valence-corrected chi connectivity index (χ3v) is 19.9. The third-order valence-electron chi connectivity index (χ3n) is 18.5. The van der Waals surface area contributed by atoms with E-state index in [2.05, 4.69) is 337 Å². The van der Waals surface area contributed by atoms with Crippen molar-refractivity contribution >= 4 is 158 Å². The van der Waals surface area contributed by atoms with Crippen LogP contribution >= 0.6 is 45.2 Å². The lowest BCUT2D eigenvalue weighted by Crippen LogP contribution is -2.41. The van der Waals surface area contributed by atoms with E-state index >= 15 is 0 Å². The molecule has 0 amide bonds. The van der Waals surface area contributed by atoms with Crippen molar-refractivity contribution in [2.24, 2.45) is 0 Å². The molecule has 14 aromatic rings. The summed E-state index contributed by atoms with van der Waals surface area (Å²) in [5, 5.41) is 9.95. The number of benzene rings is 10. The normalized spacial score (nSPS) is 16.0. The number of rotatable bonds is 6. The molecule has 10 aromatic carbocycles. The predicted molar refractivity (Wildman–Crippen MR) is 381 cm³/mol. The van der Waals surface area contributed by atoms with Crippen LogP contribution in [-0.4, -0.2) is 54.9 Å². The first kappa shape index (κ1) is 57.9. The number of nitrogens with zero attached hydrogens (tertiary/aromatic N) is 4. The van der Waals surface area contributed by atoms with Crippen molar-refractivity contribution < 1.29 is 18.6 Å². The van der Waals surface area contributed by atoms with Crippen LogP contribution in [-0.2, 0) is 18.6 Å². The molecule has 0 spiro atoms. The van der Waals surface area contributed by atoms with Crippen molar-refractivity contribution in [3.05, 3.63) is 226 Å². The van der Waals surface area contributed by atoms with Crippen LogP contribution in [0.1, 0.15) is 70.2 Å². The van der Waals surface area contributed by atoms with E-state index in [9.17, 15) is 0 Å². The van der Waals surface area contributed by atoms with Crippen molar-refractivity contribution in [3.8, 4) is 22.7 Å². The summed E-state index contributed by atoms with van der Waals surface area (Å²) in [6.45, 7) is 16.7. The minimum absolute atomic E-state index is 0. The van der Waals surface area contributed by atoms with Crippen LogP contribution < -0.4 is 10.9 Å². The maximum Gasteiger partial charge on any atom is 0.494 e. The van der Waals surface area contributed by atoms with Gasteiger partial charge in [0, 0.05) is 73.0 Å². The Balaban J connectivity index is 0.000000167. The number of halogens is 2. The molecular formula is C74H68B2I2N4O4. The van der Waals surface area contributed by atoms with Gasteiger partial charge in [0.15, 0.2) is 0 Å². The van der Waals surface area contributed by atoms with Crippen LogP contribution in [0.5, 0.6) is 0 Å². The summed E-state index contributed by atoms with van der Waals surface area (Å²) in [4.78, 5) is 0. The SMILES string of the molecule is C.C.CC1(C)OB(c2ccc(-n3c4ccccc4c4cc5c(cc43)c3ccccc3n5-c3ccc(B4OC(C)(C)C(C)(C)O4)cc3)cc2)OC1(C)C.Ic1ccc(-n2c3ccccc3c3cc4c(cc32)c2ccccc2n4-c2ccc(I)cc2)cc1. The van der Waals surface area contributed by atoms with Crippen molar-refractivity contribution in [2.75, 3.05) is 0 Å². The van der Waals surface area contributed by atoms with E-state index in [0.29, 0.717) is 0 Å². The Bertz CT molecular complexity index is 4600. The monoisotopic (exact) mass is 1350 g/mol. The molecule has 86 heavy (non-hydrogen) atoms. The average molecular weight is 1350 g/mol. The Hall–Kier alpha value is -7.17. The van der Waals surface area contributed by atoms with Gasteiger partial charge in [0.25, 0.3) is 0 Å². The smallest absolute Gasteiger partial charge is 0.399 e. The van der Waals surface area contributed by atoms with Crippen molar-refractivity contribution in [1.29, 1.82) is 0 Å². The number of aromatic nitrogens is 4. The molecule has 2 aliphatic rings. The van der Waals surface area contributed by atoms with Crippen LogP contribution in [0.3, 0.4) is 0 Å². The second-order valence-electron chi connectivity index (χ2n) is 24.5. The van der Waals surface area contributed by atoms with E-state index in [-0.39, 0.29) is 37.3 Å². The number of hydrogen-bond acceptors (Lipinski definition) is 4. The summed E-state index contributed by atoms with van der Waals surface area (Å²) in [6.07, 6.45) is 0. The molecule has 0 bridgehead atoms. The second-order valence-corrected chi connectivity index (χ2v) is 27.0. The third kappa shape index (κ3) is 9.23. The fourth-order valence-corrected chi connectivity index (χ4v) is 13.4. The van der Waals surface area contributed by atoms with Crippen molar-refractivity contribution in [3.63, 3.8) is 0 Å². The molecule has 8 nitrogen and oxygen atoms in total. The van der Waals surface area contributed by atoms with Gasteiger partial charge in [-0.1, -0.05) is 112 Å². The molecule has 4 aromatic heterocycles. The molecule has 12 heteroatoms. The van der Waals surface area contributed by atoms with E-state index in [0.717, 1.165) is 22.3 Å². The molecule has 6 heterocycles. The van der Waals surface area contributed by atoms with Crippen LogP contribution in [0.25, 0.3) is 110 Å². The van der Waals surface area contributed by atoms with Gasteiger partial charge in [0.1, 0.15) is 0 Å². The van der Waals surface area contributed by atoms with Crippen molar-refractivity contribution in [1.82, 2.24) is 18.3 Å². The topological polar surface area (TPSA) is 56.6 Å². The summed E-state index contributed by atoms with van der Waals surface area (Å²) in [6, 6.07) is 79.2. The lowest BCUT2D eigenvalue weighted by Gasteiger charge is -2.32. The largest absolute Gasteiger partial charge is 0.494 e. The zero-order valence-electron chi connectivity index (χ0n) is 48.1. The van der Waals surface area contributed by atoms with Gasteiger partial charge >= 0.3 is 14.2 Å². The summed E-state index contributed by atoms with van der Waals surface area (Å²) in [5.74, 6) is 0. The molecule has 0 radical (unpaired) electrons. The molecular weight excluding hydrogens is 1280 g/mol. The summed E-state index contributed by atoms with van der Waals surface area (Å²) < 4.78 is 37.5. The van der Waals surface area contributed by atoms with E-state index in [1.165, 1.54) is 106 Å². The first-order valence-electron chi connectivity index (χ1n) is 28.8. The molecule has 0 atom stereocenters. The second kappa shape index (κ2) is 21.3. The molecule has 0 saturated carbocycles. The Kier molecular flexibility index (Phi) is 14.3. The lowest BCUT2D eigenvalue weighted by atomic mass is 9.79. The van der Waals surface area contributed by atoms with Gasteiger partial charge in [-0.05, 0) is 233 Å². The van der Waals surface area contributed by atoms with E-state index in [1.807, 2.05) is 0 Å². The molecule has 0 aliphatic carbocycles. The van der Waals surface area contributed by atoms with Gasteiger partial charge in [-0.15, -0.1) is 0 Å². The standard InChI is InChI=1S/C42H42B2N2O4.C30H18I2N2.2CH4/c1-39(2)40(3,4)48-43(47-39)27-17-21-29(22-18-27)45-35-15-11-9-13-31(35)33-26-38-34(25-37(33)45)32-14-10-12-16-36(32)46(38)30-23-19-28(20-24-30)44-49-41(5,6)42(7,8)50-44;31-19-9-13-21(14-10-19)33-27-7-3-1-5-23(27)25-17-30-26(18-29(25)33)24-6-2-4-8-28(24)34(30)22-15-11-20(32)12-16-22;;/h9-26H,1-8H3;1-18H;2*1H4. The van der Waals surface area contributed by atoms with Gasteiger partial charge in [0.05, 0.1) is 66.5 Å². The lowest BCUT2D eigenvalue weighted by molar-refractivity contribution is 0.00578. The maximum absolute atomic E-state index is 6.35. The van der Waals surface area contributed by atoms with Gasteiger partial charge in [-0.2, -0.15) is 0 Å². The highest BCUT2D eigenvalue weighted by molar-refractivity contribution is 14.1. The minimum Gasteiger partial charge on any atom is -0.399 e. The molecule has 2 aliphatic heterocycles. The molecule has 2 fully saturated rings. The van der Waals surface area contributed by atoms with Crippen LogP contribution in [0.15, 0.2) is 218 Å². The molecule has 0 unspecified atom stereocenters. The maximum atomic E-state index is 6.35. The number of para-hydroxylation sites is 4. The quantitative estimate of drug-likeness (QED) is 0.123. The molecule has 16 rings (SSSR count). The fraction of sp³-hybridized carbons (Fsp3) is 0.189. The van der Waals surface area contributed by atoms with Crippen molar-refractivity contribution in [2.45, 2.75) is 92.6 Å². The van der Waals surface area contributed by atoms with Crippen LogP contribution in [0, 0.1) is 7.14 Å². The minimum atomic E-state index is -0.399. The van der Waals surface area contributed by atoms with Gasteiger partial charge in [-0.3, -0.25) is 0 Å². The Morgan fingerprint density at radius 3 is 0.709 bits per heavy atom. The van der Waals surface area contributed by atoms with E-state index < -0.39 is 14.2 Å². The van der Waals surface area contributed by atoms with Gasteiger partial charge < -0.3 is 36.9 Å². The first-order chi connectivity index (χ1) is 40.4. The van der Waals surface area contributed by atoms with Gasteiger partial charge in [-0.25, -0.2) is 0 Å². The predicted octanol–water partition coefficient (Wildman–Crippen LogP) is 18.8. The highest BCUT2D eigenvalue weighted by Gasteiger charge is 2.52. The summed E-state index contributed by atoms with van der Waals surface area (Å²) in [7, 11) is -0.798. The van der Waals surface area contributed by atoms with Crippen LogP contribution in [0.4, 0.5) is 0 Å². The Morgan fingerprint density at radius 1 is 0.267 bits per heavy atom. The molecule has 428 valence electrons.